The molecule has 0 heterocycles. The summed E-state index contributed by atoms with van der Waals surface area (Å²) in [5.41, 5.74) is 5.64. The highest BCUT2D eigenvalue weighted by molar-refractivity contribution is 5.82. The molecule has 0 saturated heterocycles. The van der Waals surface area contributed by atoms with Crippen molar-refractivity contribution in [2.24, 2.45) is 23.0 Å². The average Bonchev–Trinajstić information content (AvgIpc) is 2.52. The second-order valence-corrected chi connectivity index (χ2v) is 6.99. The van der Waals surface area contributed by atoms with Gasteiger partial charge in [-0.2, -0.15) is 0 Å². The Kier molecular flexibility index (Phi) is 8.31. The van der Waals surface area contributed by atoms with Crippen LogP contribution in [0.4, 0.5) is 0 Å². The number of carbonyl (C=O) groups is 1. The van der Waals surface area contributed by atoms with Gasteiger partial charge in [0.2, 0.25) is 5.91 Å². The molecule has 124 valence electrons. The molecule has 3 N–H and O–H groups in total. The molecule has 3 nitrogen and oxygen atoms in total. The Morgan fingerprint density at radius 1 is 1.05 bits per heavy atom. The van der Waals surface area contributed by atoms with Crippen LogP contribution in [0.2, 0.25) is 0 Å². The molecule has 0 aromatic carbocycles. The summed E-state index contributed by atoms with van der Waals surface area (Å²) in [5.74, 6) is 1.79. The number of hydrogen-bond acceptors (Lipinski definition) is 2. The van der Waals surface area contributed by atoms with E-state index in [2.05, 4.69) is 26.1 Å². The second-order valence-electron chi connectivity index (χ2n) is 6.99. The van der Waals surface area contributed by atoms with Crippen LogP contribution in [0.15, 0.2) is 0 Å². The van der Waals surface area contributed by atoms with Crippen LogP contribution in [0.25, 0.3) is 0 Å². The summed E-state index contributed by atoms with van der Waals surface area (Å²) < 4.78 is 0. The molecule has 0 bridgehead atoms. The van der Waals surface area contributed by atoms with E-state index in [-0.39, 0.29) is 11.3 Å². The number of nitrogens with two attached hydrogens (primary N) is 1. The van der Waals surface area contributed by atoms with Gasteiger partial charge in [0.15, 0.2) is 0 Å². The van der Waals surface area contributed by atoms with Crippen LogP contribution in [-0.4, -0.2) is 19.0 Å². The van der Waals surface area contributed by atoms with Crippen LogP contribution < -0.4 is 11.1 Å². The smallest absolute Gasteiger partial charge is 0.227 e. The van der Waals surface area contributed by atoms with Crippen molar-refractivity contribution in [2.75, 3.05) is 13.1 Å². The molecule has 0 aliphatic heterocycles. The summed E-state index contributed by atoms with van der Waals surface area (Å²) in [6.07, 6.45) is 10.4. The fourth-order valence-corrected chi connectivity index (χ4v) is 3.87. The Morgan fingerprint density at radius 2 is 1.57 bits per heavy atom. The molecular formula is C18H36N2O. The minimum absolute atomic E-state index is 0.200. The molecule has 3 heteroatoms. The van der Waals surface area contributed by atoms with Crippen LogP contribution in [0.3, 0.4) is 0 Å². The molecule has 0 unspecified atom stereocenters. The summed E-state index contributed by atoms with van der Waals surface area (Å²) in [6.45, 7) is 7.89. The van der Waals surface area contributed by atoms with E-state index in [0.29, 0.717) is 12.5 Å². The lowest BCUT2D eigenvalue weighted by molar-refractivity contribution is -0.131. The van der Waals surface area contributed by atoms with Crippen LogP contribution >= 0.6 is 0 Å². The molecule has 1 aliphatic carbocycles. The summed E-state index contributed by atoms with van der Waals surface area (Å²) in [6, 6.07) is 0. The average molecular weight is 296 g/mol. The number of amides is 1. The summed E-state index contributed by atoms with van der Waals surface area (Å²) in [7, 11) is 0. The highest BCUT2D eigenvalue weighted by Gasteiger charge is 2.35. The van der Waals surface area contributed by atoms with Gasteiger partial charge in [-0.3, -0.25) is 4.79 Å². The Labute approximate surface area is 131 Å². The van der Waals surface area contributed by atoms with E-state index in [1.165, 1.54) is 32.1 Å². The molecule has 1 rings (SSSR count). The van der Waals surface area contributed by atoms with Crippen molar-refractivity contribution in [1.82, 2.24) is 5.32 Å². The highest BCUT2D eigenvalue weighted by Crippen LogP contribution is 2.32. The van der Waals surface area contributed by atoms with Crippen molar-refractivity contribution in [2.45, 2.75) is 78.6 Å². The molecule has 1 fully saturated rings. The normalized spacial score (nSPS) is 23.0. The summed E-state index contributed by atoms with van der Waals surface area (Å²) in [4.78, 5) is 12.6. The van der Waals surface area contributed by atoms with Gasteiger partial charge < -0.3 is 11.1 Å². The first-order valence-electron chi connectivity index (χ1n) is 9.10. The van der Waals surface area contributed by atoms with Crippen molar-refractivity contribution >= 4 is 5.91 Å². The second kappa shape index (κ2) is 9.45. The fraction of sp³-hybridized carbons (Fsp3) is 0.944. The Bertz CT molecular complexity index is 290. The van der Waals surface area contributed by atoms with Crippen LogP contribution in [-0.2, 0) is 4.79 Å². The zero-order valence-corrected chi connectivity index (χ0v) is 14.4. The lowest BCUT2D eigenvalue weighted by Gasteiger charge is -2.33. The lowest BCUT2D eigenvalue weighted by atomic mass is 9.77. The maximum atomic E-state index is 12.6. The van der Waals surface area contributed by atoms with Crippen LogP contribution in [0, 0.1) is 17.3 Å². The predicted octanol–water partition coefficient (Wildman–Crippen LogP) is 3.86. The van der Waals surface area contributed by atoms with Crippen molar-refractivity contribution < 1.29 is 4.79 Å². The van der Waals surface area contributed by atoms with E-state index < -0.39 is 0 Å². The van der Waals surface area contributed by atoms with Crippen LogP contribution in [0.5, 0.6) is 0 Å². The van der Waals surface area contributed by atoms with Gasteiger partial charge in [0.05, 0.1) is 5.41 Å². The minimum atomic E-state index is -0.329. The van der Waals surface area contributed by atoms with Crippen molar-refractivity contribution in [1.29, 1.82) is 0 Å². The van der Waals surface area contributed by atoms with E-state index in [0.717, 1.165) is 38.1 Å². The quantitative estimate of drug-likeness (QED) is 0.678. The number of rotatable bonds is 9. The summed E-state index contributed by atoms with van der Waals surface area (Å²) >= 11 is 0. The zero-order chi connectivity index (χ0) is 15.7. The molecule has 0 radical (unpaired) electrons. The number of nitrogens with one attached hydrogen (secondary N) is 1. The molecule has 1 aliphatic rings. The third kappa shape index (κ3) is 5.28. The first kappa shape index (κ1) is 18.5. The molecule has 0 atom stereocenters. The van der Waals surface area contributed by atoms with Gasteiger partial charge in [-0.15, -0.1) is 0 Å². The fourth-order valence-electron chi connectivity index (χ4n) is 3.87. The maximum Gasteiger partial charge on any atom is 0.227 e. The molecule has 0 spiro atoms. The Hall–Kier alpha value is -0.570. The SMILES string of the molecule is CCCC(CN)(CCC)C(=O)NCC1CCC(CC)CC1. The standard InChI is InChI=1S/C18H36N2O/c1-4-11-18(14-19,12-5-2)17(21)20-13-16-9-7-15(6-3)8-10-16/h15-16H,4-14,19H2,1-3H3,(H,20,21). The maximum absolute atomic E-state index is 12.6. The molecule has 21 heavy (non-hydrogen) atoms. The third-order valence-corrected chi connectivity index (χ3v) is 5.42. The van der Waals surface area contributed by atoms with Gasteiger partial charge in [-0.1, -0.05) is 52.9 Å². The third-order valence-electron chi connectivity index (χ3n) is 5.42. The summed E-state index contributed by atoms with van der Waals surface area (Å²) in [5, 5.41) is 3.23. The monoisotopic (exact) mass is 296 g/mol. The van der Waals surface area contributed by atoms with Gasteiger partial charge in [0.25, 0.3) is 0 Å². The van der Waals surface area contributed by atoms with Crippen molar-refractivity contribution in [3.63, 3.8) is 0 Å². The zero-order valence-electron chi connectivity index (χ0n) is 14.4. The minimum Gasteiger partial charge on any atom is -0.355 e. The van der Waals surface area contributed by atoms with Crippen molar-refractivity contribution in [3.05, 3.63) is 0 Å². The molecule has 1 amide bonds. The lowest BCUT2D eigenvalue weighted by Crippen LogP contribution is -2.47. The van der Waals surface area contributed by atoms with E-state index in [1.54, 1.807) is 0 Å². The van der Waals surface area contributed by atoms with E-state index in [1.807, 2.05) is 0 Å². The van der Waals surface area contributed by atoms with Crippen molar-refractivity contribution in [3.8, 4) is 0 Å². The van der Waals surface area contributed by atoms with E-state index in [4.69, 9.17) is 5.73 Å². The van der Waals surface area contributed by atoms with Gasteiger partial charge >= 0.3 is 0 Å². The largest absolute Gasteiger partial charge is 0.355 e. The van der Waals surface area contributed by atoms with Crippen LogP contribution in [0.1, 0.15) is 78.6 Å². The molecule has 0 aromatic rings. The molecule has 1 saturated carbocycles. The first-order valence-corrected chi connectivity index (χ1v) is 9.10. The number of hydrogen-bond donors (Lipinski definition) is 2. The Balaban J connectivity index is 2.46. The predicted molar refractivity (Wildman–Crippen MR) is 90.1 cm³/mol. The van der Waals surface area contributed by atoms with Gasteiger partial charge in [0.1, 0.15) is 0 Å². The highest BCUT2D eigenvalue weighted by atomic mass is 16.2. The first-order chi connectivity index (χ1) is 10.1. The van der Waals surface area contributed by atoms with E-state index in [9.17, 15) is 4.79 Å². The van der Waals surface area contributed by atoms with Gasteiger partial charge in [0, 0.05) is 13.1 Å². The number of carbonyl (C=O) groups excluding carboxylic acids is 1. The Morgan fingerprint density at radius 3 is 2.00 bits per heavy atom. The van der Waals surface area contributed by atoms with E-state index >= 15 is 0 Å². The molecular weight excluding hydrogens is 260 g/mol. The van der Waals surface area contributed by atoms with Gasteiger partial charge in [-0.25, -0.2) is 0 Å². The topological polar surface area (TPSA) is 55.1 Å². The van der Waals surface area contributed by atoms with Gasteiger partial charge in [-0.05, 0) is 37.5 Å². The molecule has 0 aromatic heterocycles.